The first-order valence-electron chi connectivity index (χ1n) is 5.31. The molecule has 0 amide bonds. The van der Waals surface area contributed by atoms with Crippen LogP contribution in [0.4, 0.5) is 0 Å². The van der Waals surface area contributed by atoms with Gasteiger partial charge in [-0.1, -0.05) is 24.8 Å². The SMILES string of the molecule is C=Cc1nc2ccccc2nc1-c1cccs1. The third-order valence-corrected chi connectivity index (χ3v) is 3.42. The molecular weight excluding hydrogens is 228 g/mol. The summed E-state index contributed by atoms with van der Waals surface area (Å²) in [7, 11) is 0. The van der Waals surface area contributed by atoms with Crippen molar-refractivity contribution in [3.63, 3.8) is 0 Å². The van der Waals surface area contributed by atoms with Crippen molar-refractivity contribution in [1.82, 2.24) is 9.97 Å². The van der Waals surface area contributed by atoms with Crippen molar-refractivity contribution < 1.29 is 0 Å². The van der Waals surface area contributed by atoms with Gasteiger partial charge < -0.3 is 0 Å². The van der Waals surface area contributed by atoms with E-state index in [9.17, 15) is 0 Å². The van der Waals surface area contributed by atoms with Gasteiger partial charge >= 0.3 is 0 Å². The molecule has 0 atom stereocenters. The van der Waals surface area contributed by atoms with E-state index in [1.54, 1.807) is 17.4 Å². The van der Waals surface area contributed by atoms with Crippen LogP contribution in [0.25, 0.3) is 27.7 Å². The number of rotatable bonds is 2. The van der Waals surface area contributed by atoms with Crippen molar-refractivity contribution in [3.8, 4) is 10.6 Å². The van der Waals surface area contributed by atoms with Crippen LogP contribution in [0.15, 0.2) is 48.4 Å². The number of aromatic nitrogens is 2. The van der Waals surface area contributed by atoms with E-state index in [1.807, 2.05) is 35.7 Å². The summed E-state index contributed by atoms with van der Waals surface area (Å²) in [6, 6.07) is 12.0. The molecule has 0 saturated carbocycles. The summed E-state index contributed by atoms with van der Waals surface area (Å²) in [5.74, 6) is 0. The van der Waals surface area contributed by atoms with Crippen LogP contribution < -0.4 is 0 Å². The molecule has 0 aliphatic carbocycles. The van der Waals surface area contributed by atoms with E-state index in [2.05, 4.69) is 22.6 Å². The molecule has 2 aromatic heterocycles. The second-order valence-corrected chi connectivity index (χ2v) is 4.58. The van der Waals surface area contributed by atoms with Crippen molar-refractivity contribution in [3.05, 3.63) is 54.1 Å². The molecule has 3 rings (SSSR count). The lowest BCUT2D eigenvalue weighted by Gasteiger charge is -2.04. The molecule has 0 aliphatic heterocycles. The van der Waals surface area contributed by atoms with E-state index in [-0.39, 0.29) is 0 Å². The Bertz CT molecular complexity index is 672. The topological polar surface area (TPSA) is 25.8 Å². The Kier molecular flexibility index (Phi) is 2.46. The number of hydrogen-bond acceptors (Lipinski definition) is 3. The minimum atomic E-state index is 0.839. The molecule has 0 spiro atoms. The first-order valence-corrected chi connectivity index (χ1v) is 6.19. The summed E-state index contributed by atoms with van der Waals surface area (Å²) < 4.78 is 0. The van der Waals surface area contributed by atoms with Gasteiger partial charge in [0.2, 0.25) is 0 Å². The zero-order valence-electron chi connectivity index (χ0n) is 9.13. The van der Waals surface area contributed by atoms with Crippen molar-refractivity contribution in [2.24, 2.45) is 0 Å². The second-order valence-electron chi connectivity index (χ2n) is 3.63. The van der Waals surface area contributed by atoms with Crippen molar-refractivity contribution in [2.45, 2.75) is 0 Å². The molecular formula is C14H10N2S. The van der Waals surface area contributed by atoms with E-state index in [1.165, 1.54) is 0 Å². The normalized spacial score (nSPS) is 10.6. The Hall–Kier alpha value is -2.00. The van der Waals surface area contributed by atoms with E-state index in [4.69, 9.17) is 0 Å². The van der Waals surface area contributed by atoms with Crippen LogP contribution in [0.5, 0.6) is 0 Å². The fourth-order valence-electron chi connectivity index (χ4n) is 1.75. The molecule has 2 nitrogen and oxygen atoms in total. The van der Waals surface area contributed by atoms with Gasteiger partial charge in [-0.05, 0) is 29.7 Å². The standard InChI is InChI=1S/C14H10N2S/c1-2-10-14(13-8-5-9-17-13)16-12-7-4-3-6-11(12)15-10/h2-9H,1H2. The Labute approximate surface area is 103 Å². The second kappa shape index (κ2) is 4.11. The highest BCUT2D eigenvalue weighted by Gasteiger charge is 2.08. The predicted octanol–water partition coefficient (Wildman–Crippen LogP) is 4.00. The number of nitrogens with zero attached hydrogens (tertiary/aromatic N) is 2. The average Bonchev–Trinajstić information content (AvgIpc) is 2.91. The van der Waals surface area contributed by atoms with Crippen LogP contribution in [-0.4, -0.2) is 9.97 Å². The Balaban J connectivity index is 2.33. The van der Waals surface area contributed by atoms with E-state index in [0.717, 1.165) is 27.3 Å². The third kappa shape index (κ3) is 1.74. The minimum Gasteiger partial charge on any atom is -0.244 e. The molecule has 0 N–H and O–H groups in total. The van der Waals surface area contributed by atoms with E-state index in [0.29, 0.717) is 0 Å². The molecule has 0 bridgehead atoms. The molecule has 3 heteroatoms. The van der Waals surface area contributed by atoms with Gasteiger partial charge in [0, 0.05) is 0 Å². The molecule has 2 heterocycles. The quantitative estimate of drug-likeness (QED) is 0.674. The van der Waals surface area contributed by atoms with Crippen LogP contribution in [0.3, 0.4) is 0 Å². The van der Waals surface area contributed by atoms with Gasteiger partial charge in [-0.25, -0.2) is 9.97 Å². The summed E-state index contributed by atoms with van der Waals surface area (Å²) in [6.45, 7) is 3.81. The molecule has 0 aliphatic rings. The Morgan fingerprint density at radius 3 is 2.41 bits per heavy atom. The van der Waals surface area contributed by atoms with E-state index < -0.39 is 0 Å². The number of benzene rings is 1. The monoisotopic (exact) mass is 238 g/mol. The van der Waals surface area contributed by atoms with Crippen LogP contribution >= 0.6 is 11.3 Å². The molecule has 0 unspecified atom stereocenters. The van der Waals surface area contributed by atoms with Crippen molar-refractivity contribution in [2.75, 3.05) is 0 Å². The van der Waals surface area contributed by atoms with Gasteiger partial charge in [-0.3, -0.25) is 0 Å². The third-order valence-electron chi connectivity index (χ3n) is 2.55. The zero-order valence-corrected chi connectivity index (χ0v) is 9.95. The van der Waals surface area contributed by atoms with Crippen LogP contribution in [0, 0.1) is 0 Å². The van der Waals surface area contributed by atoms with Gasteiger partial charge in [-0.15, -0.1) is 11.3 Å². The lowest BCUT2D eigenvalue weighted by molar-refractivity contribution is 1.28. The summed E-state index contributed by atoms with van der Waals surface area (Å²) in [5.41, 5.74) is 3.57. The number of fused-ring (bicyclic) bond motifs is 1. The highest BCUT2D eigenvalue weighted by molar-refractivity contribution is 7.13. The summed E-state index contributed by atoms with van der Waals surface area (Å²) in [4.78, 5) is 10.4. The average molecular weight is 238 g/mol. The van der Waals surface area contributed by atoms with Crippen LogP contribution in [0.1, 0.15) is 5.69 Å². The maximum Gasteiger partial charge on any atom is 0.107 e. The largest absolute Gasteiger partial charge is 0.244 e. The Morgan fingerprint density at radius 1 is 1.00 bits per heavy atom. The van der Waals surface area contributed by atoms with Gasteiger partial charge in [0.25, 0.3) is 0 Å². The maximum atomic E-state index is 4.67. The number of hydrogen-bond donors (Lipinski definition) is 0. The van der Waals surface area contributed by atoms with Crippen molar-refractivity contribution in [1.29, 1.82) is 0 Å². The lowest BCUT2D eigenvalue weighted by Crippen LogP contribution is -1.92. The molecule has 17 heavy (non-hydrogen) atoms. The molecule has 0 saturated heterocycles. The first kappa shape index (κ1) is 10.2. The summed E-state index contributed by atoms with van der Waals surface area (Å²) in [5, 5.41) is 2.04. The fourth-order valence-corrected chi connectivity index (χ4v) is 2.47. The molecule has 1 aromatic carbocycles. The maximum absolute atomic E-state index is 4.67. The summed E-state index contributed by atoms with van der Waals surface area (Å²) in [6.07, 6.45) is 1.76. The molecule has 0 radical (unpaired) electrons. The molecule has 82 valence electrons. The molecule has 0 fully saturated rings. The van der Waals surface area contributed by atoms with Crippen LogP contribution in [0.2, 0.25) is 0 Å². The lowest BCUT2D eigenvalue weighted by atomic mass is 10.2. The minimum absolute atomic E-state index is 0.839. The highest BCUT2D eigenvalue weighted by atomic mass is 32.1. The van der Waals surface area contributed by atoms with Gasteiger partial charge in [0.05, 0.1) is 21.6 Å². The predicted molar refractivity (Wildman–Crippen MR) is 72.9 cm³/mol. The van der Waals surface area contributed by atoms with Gasteiger partial charge in [-0.2, -0.15) is 0 Å². The van der Waals surface area contributed by atoms with Gasteiger partial charge in [0.1, 0.15) is 5.69 Å². The summed E-state index contributed by atoms with van der Waals surface area (Å²) >= 11 is 1.66. The first-order chi connectivity index (χ1) is 8.38. The molecule has 3 aromatic rings. The van der Waals surface area contributed by atoms with E-state index >= 15 is 0 Å². The van der Waals surface area contributed by atoms with Crippen molar-refractivity contribution >= 4 is 28.4 Å². The van der Waals surface area contributed by atoms with Gasteiger partial charge in [0.15, 0.2) is 0 Å². The number of para-hydroxylation sites is 2. The zero-order chi connectivity index (χ0) is 11.7. The fraction of sp³-hybridized carbons (Fsp3) is 0. The number of thiophene rings is 1. The highest BCUT2D eigenvalue weighted by Crippen LogP contribution is 2.27. The van der Waals surface area contributed by atoms with Crippen LogP contribution in [-0.2, 0) is 0 Å². The Morgan fingerprint density at radius 2 is 1.76 bits per heavy atom. The smallest absolute Gasteiger partial charge is 0.107 e.